The molecule has 1 aromatic heterocycles. The van der Waals surface area contributed by atoms with E-state index in [0.29, 0.717) is 0 Å². The molecule has 15 heavy (non-hydrogen) atoms. The van der Waals surface area contributed by atoms with Crippen LogP contribution in [-0.2, 0) is 0 Å². The summed E-state index contributed by atoms with van der Waals surface area (Å²) in [6, 6.07) is 0.932. The summed E-state index contributed by atoms with van der Waals surface area (Å²) in [7, 11) is 1.28. The molecule has 0 atom stereocenters. The predicted molar refractivity (Wildman–Crippen MR) is 47.4 cm³/mol. The monoisotopic (exact) mass is 217 g/mol. The van der Waals surface area contributed by atoms with Crippen LogP contribution >= 0.6 is 0 Å². The smallest absolute Gasteiger partial charge is 0.338 e. The fourth-order valence-electron chi connectivity index (χ4n) is 1.22. The number of alkyl halides is 2. The van der Waals surface area contributed by atoms with Gasteiger partial charge >= 0.3 is 5.97 Å². The Morgan fingerprint density at radius 3 is 2.60 bits per heavy atom. The van der Waals surface area contributed by atoms with E-state index in [2.05, 4.69) is 9.72 Å². The summed E-state index contributed by atoms with van der Waals surface area (Å²) in [6.07, 6.45) is -2.87. The van der Waals surface area contributed by atoms with Gasteiger partial charge in [0, 0.05) is 11.6 Å². The van der Waals surface area contributed by atoms with Crippen LogP contribution in [0.5, 0.6) is 5.88 Å². The van der Waals surface area contributed by atoms with Gasteiger partial charge in [0.25, 0.3) is 6.43 Å². The van der Waals surface area contributed by atoms with Gasteiger partial charge in [-0.1, -0.05) is 0 Å². The molecule has 1 heterocycles. The lowest BCUT2D eigenvalue weighted by molar-refractivity contribution is 0.0682. The van der Waals surface area contributed by atoms with Gasteiger partial charge in [-0.3, -0.25) is 0 Å². The first-order chi connectivity index (χ1) is 6.97. The summed E-state index contributed by atoms with van der Waals surface area (Å²) in [5.41, 5.74) is -1.03. The number of carboxylic acids is 1. The standard InChI is InChI=1S/C9H9F2NO3/c1-4-7(9(13)14)5(8(10)11)3-6(12-4)15-2/h3,8H,1-2H3,(H,13,14). The second-order valence-electron chi connectivity index (χ2n) is 2.82. The zero-order valence-electron chi connectivity index (χ0n) is 8.12. The van der Waals surface area contributed by atoms with E-state index in [1.165, 1.54) is 14.0 Å². The van der Waals surface area contributed by atoms with Crippen molar-refractivity contribution in [3.63, 3.8) is 0 Å². The van der Waals surface area contributed by atoms with Crippen LogP contribution in [0.3, 0.4) is 0 Å². The zero-order valence-corrected chi connectivity index (χ0v) is 8.12. The van der Waals surface area contributed by atoms with Gasteiger partial charge in [0.2, 0.25) is 5.88 Å². The molecule has 0 unspecified atom stereocenters. The van der Waals surface area contributed by atoms with E-state index in [0.717, 1.165) is 6.07 Å². The number of nitrogens with zero attached hydrogens (tertiary/aromatic N) is 1. The van der Waals surface area contributed by atoms with E-state index in [4.69, 9.17) is 5.11 Å². The highest BCUT2D eigenvalue weighted by Crippen LogP contribution is 2.27. The normalized spacial score (nSPS) is 10.5. The molecule has 1 aromatic rings. The Bertz CT molecular complexity index is 393. The Kier molecular flexibility index (Phi) is 3.18. The summed E-state index contributed by atoms with van der Waals surface area (Å²) < 4.78 is 29.8. The van der Waals surface area contributed by atoms with Crippen LogP contribution < -0.4 is 4.74 Å². The number of hydrogen-bond acceptors (Lipinski definition) is 3. The van der Waals surface area contributed by atoms with Crippen LogP contribution in [-0.4, -0.2) is 23.2 Å². The minimum atomic E-state index is -2.87. The Balaban J connectivity index is 3.42. The maximum Gasteiger partial charge on any atom is 0.338 e. The lowest BCUT2D eigenvalue weighted by Gasteiger charge is -2.09. The van der Waals surface area contributed by atoms with Crippen molar-refractivity contribution in [3.05, 3.63) is 22.9 Å². The number of carboxylic acid groups (broad SMARTS) is 1. The second-order valence-corrected chi connectivity index (χ2v) is 2.82. The Morgan fingerprint density at radius 2 is 2.20 bits per heavy atom. The van der Waals surface area contributed by atoms with Gasteiger partial charge in [-0.05, 0) is 6.92 Å². The predicted octanol–water partition coefficient (Wildman–Crippen LogP) is 2.03. The van der Waals surface area contributed by atoms with E-state index in [1.54, 1.807) is 0 Å². The molecule has 0 aliphatic rings. The topological polar surface area (TPSA) is 59.4 Å². The fourth-order valence-corrected chi connectivity index (χ4v) is 1.22. The van der Waals surface area contributed by atoms with Gasteiger partial charge in [0.1, 0.15) is 0 Å². The lowest BCUT2D eigenvalue weighted by Crippen LogP contribution is -2.08. The molecule has 0 saturated heterocycles. The molecular weight excluding hydrogens is 208 g/mol. The lowest BCUT2D eigenvalue weighted by atomic mass is 10.1. The summed E-state index contributed by atoms with van der Waals surface area (Å²) in [4.78, 5) is 14.5. The minimum Gasteiger partial charge on any atom is -0.481 e. The molecule has 0 spiro atoms. The third kappa shape index (κ3) is 2.20. The third-order valence-corrected chi connectivity index (χ3v) is 1.87. The molecule has 0 bridgehead atoms. The molecule has 0 aliphatic heterocycles. The highest BCUT2D eigenvalue weighted by molar-refractivity contribution is 5.90. The maximum absolute atomic E-state index is 12.5. The van der Waals surface area contributed by atoms with Crippen molar-refractivity contribution < 1.29 is 23.4 Å². The molecule has 82 valence electrons. The fraction of sp³-hybridized carbons (Fsp3) is 0.333. The molecule has 1 rings (SSSR count). The van der Waals surface area contributed by atoms with E-state index in [1.807, 2.05) is 0 Å². The van der Waals surface area contributed by atoms with Gasteiger partial charge in [0.05, 0.1) is 18.4 Å². The van der Waals surface area contributed by atoms with Crippen LogP contribution in [0.2, 0.25) is 0 Å². The number of carbonyl (C=O) groups is 1. The van der Waals surface area contributed by atoms with Crippen molar-refractivity contribution >= 4 is 5.97 Å². The molecule has 1 N–H and O–H groups in total. The molecule has 0 radical (unpaired) electrons. The molecular formula is C9H9F2NO3. The maximum atomic E-state index is 12.5. The average Bonchev–Trinajstić information content (AvgIpc) is 2.15. The van der Waals surface area contributed by atoms with Crippen LogP contribution in [0, 0.1) is 6.92 Å². The number of hydrogen-bond donors (Lipinski definition) is 1. The van der Waals surface area contributed by atoms with Crippen LogP contribution in [0.25, 0.3) is 0 Å². The van der Waals surface area contributed by atoms with Crippen molar-refractivity contribution in [1.82, 2.24) is 4.98 Å². The Morgan fingerprint density at radius 1 is 1.60 bits per heavy atom. The number of aromatic carboxylic acids is 1. The third-order valence-electron chi connectivity index (χ3n) is 1.87. The second kappa shape index (κ2) is 4.20. The summed E-state index contributed by atoms with van der Waals surface area (Å²) in [6.45, 7) is 1.35. The van der Waals surface area contributed by atoms with Gasteiger partial charge in [-0.2, -0.15) is 0 Å². The first kappa shape index (κ1) is 11.4. The van der Waals surface area contributed by atoms with Crippen LogP contribution in [0.15, 0.2) is 6.07 Å². The SMILES string of the molecule is COc1cc(C(F)F)c(C(=O)O)c(C)n1. The van der Waals surface area contributed by atoms with E-state index in [-0.39, 0.29) is 11.6 Å². The molecule has 0 fully saturated rings. The van der Waals surface area contributed by atoms with Gasteiger partial charge in [0.15, 0.2) is 0 Å². The number of pyridine rings is 1. The van der Waals surface area contributed by atoms with Crippen LogP contribution in [0.1, 0.15) is 28.0 Å². The zero-order chi connectivity index (χ0) is 11.6. The number of aryl methyl sites for hydroxylation is 1. The molecule has 0 aromatic carbocycles. The summed E-state index contributed by atoms with van der Waals surface area (Å²) >= 11 is 0. The molecule has 0 amide bonds. The van der Waals surface area contributed by atoms with Gasteiger partial charge in [-0.25, -0.2) is 18.6 Å². The van der Waals surface area contributed by atoms with Gasteiger partial charge < -0.3 is 9.84 Å². The highest BCUT2D eigenvalue weighted by Gasteiger charge is 2.22. The van der Waals surface area contributed by atoms with E-state index >= 15 is 0 Å². The quantitative estimate of drug-likeness (QED) is 0.841. The van der Waals surface area contributed by atoms with Crippen molar-refractivity contribution in [2.24, 2.45) is 0 Å². The highest BCUT2D eigenvalue weighted by atomic mass is 19.3. The number of rotatable bonds is 3. The average molecular weight is 217 g/mol. The van der Waals surface area contributed by atoms with Gasteiger partial charge in [-0.15, -0.1) is 0 Å². The Labute approximate surface area is 84.5 Å². The Hall–Kier alpha value is -1.72. The number of halogens is 2. The van der Waals surface area contributed by atoms with Crippen molar-refractivity contribution in [2.45, 2.75) is 13.3 Å². The largest absolute Gasteiger partial charge is 0.481 e. The minimum absolute atomic E-state index is 0.0113. The summed E-state index contributed by atoms with van der Waals surface area (Å²) in [5.74, 6) is -1.44. The van der Waals surface area contributed by atoms with Crippen molar-refractivity contribution in [3.8, 4) is 5.88 Å². The first-order valence-electron chi connectivity index (χ1n) is 4.04. The molecule has 4 nitrogen and oxygen atoms in total. The number of aromatic nitrogens is 1. The molecule has 0 saturated carbocycles. The number of ether oxygens (including phenoxy) is 1. The van der Waals surface area contributed by atoms with Crippen molar-refractivity contribution in [2.75, 3.05) is 7.11 Å². The first-order valence-corrected chi connectivity index (χ1v) is 4.04. The molecule has 6 heteroatoms. The van der Waals surface area contributed by atoms with Crippen molar-refractivity contribution in [1.29, 1.82) is 0 Å². The number of methoxy groups -OCH3 is 1. The van der Waals surface area contributed by atoms with Crippen LogP contribution in [0.4, 0.5) is 8.78 Å². The van der Waals surface area contributed by atoms with E-state index < -0.39 is 23.5 Å². The van der Waals surface area contributed by atoms with E-state index in [9.17, 15) is 13.6 Å². The summed E-state index contributed by atoms with van der Waals surface area (Å²) in [5, 5.41) is 8.74. The molecule has 0 aliphatic carbocycles.